The summed E-state index contributed by atoms with van der Waals surface area (Å²) in [6, 6.07) is 10.2. The van der Waals surface area contributed by atoms with Crippen LogP contribution in [-0.2, 0) is 13.1 Å². The van der Waals surface area contributed by atoms with Crippen molar-refractivity contribution in [2.24, 2.45) is 5.73 Å². The van der Waals surface area contributed by atoms with Gasteiger partial charge in [-0.05, 0) is 0 Å². The molecular weight excluding hydrogens is 258 g/mol. The highest BCUT2D eigenvalue weighted by Gasteiger charge is 2.06. The van der Waals surface area contributed by atoms with Crippen LogP contribution in [0.25, 0.3) is 10.6 Å². The highest BCUT2D eigenvalue weighted by Crippen LogP contribution is 2.23. The summed E-state index contributed by atoms with van der Waals surface area (Å²) >= 11 is 1.64. The molecule has 2 N–H and O–H groups in total. The number of hydrogen-bond acceptors (Lipinski definition) is 5. The maximum absolute atomic E-state index is 5.51. The topological polar surface area (TPSA) is 69.6 Å². The molecule has 3 rings (SSSR count). The summed E-state index contributed by atoms with van der Waals surface area (Å²) in [5.41, 5.74) is 8.42. The first-order chi connectivity index (χ1) is 9.35. The van der Waals surface area contributed by atoms with Crippen molar-refractivity contribution >= 4 is 11.3 Å². The monoisotopic (exact) mass is 271 g/mol. The Balaban J connectivity index is 1.78. The van der Waals surface area contributed by atoms with Gasteiger partial charge in [0.05, 0.1) is 24.1 Å². The molecule has 5 nitrogen and oxygen atoms in total. The number of hydrogen-bond donors (Lipinski definition) is 1. The fraction of sp³-hybridized carbons (Fsp3) is 0.154. The summed E-state index contributed by atoms with van der Waals surface area (Å²) in [5, 5.41) is 11.0. The van der Waals surface area contributed by atoms with E-state index in [4.69, 9.17) is 5.73 Å². The highest BCUT2D eigenvalue weighted by molar-refractivity contribution is 7.13. The maximum atomic E-state index is 5.51. The van der Waals surface area contributed by atoms with Gasteiger partial charge in [-0.3, -0.25) is 0 Å². The van der Waals surface area contributed by atoms with Gasteiger partial charge in [-0.2, -0.15) is 0 Å². The summed E-state index contributed by atoms with van der Waals surface area (Å²) < 4.78 is 1.76. The SMILES string of the molecule is NCc1cn(Cc2csc(-c3ccccc3)n2)nn1. The van der Waals surface area contributed by atoms with Gasteiger partial charge in [0, 0.05) is 17.5 Å². The fourth-order valence-electron chi connectivity index (χ4n) is 1.77. The second-order valence-electron chi connectivity index (χ2n) is 4.12. The van der Waals surface area contributed by atoms with Crippen molar-refractivity contribution in [1.82, 2.24) is 20.0 Å². The van der Waals surface area contributed by atoms with Gasteiger partial charge in [0.25, 0.3) is 0 Å². The molecule has 1 aromatic carbocycles. The molecule has 2 aromatic heterocycles. The first kappa shape index (κ1) is 12.0. The molecule has 0 fully saturated rings. The van der Waals surface area contributed by atoms with Crippen molar-refractivity contribution < 1.29 is 0 Å². The van der Waals surface area contributed by atoms with Gasteiger partial charge in [-0.15, -0.1) is 16.4 Å². The van der Waals surface area contributed by atoms with Crippen molar-refractivity contribution in [3.63, 3.8) is 0 Å². The number of rotatable bonds is 4. The maximum Gasteiger partial charge on any atom is 0.123 e. The molecule has 0 amide bonds. The zero-order chi connectivity index (χ0) is 13.1. The van der Waals surface area contributed by atoms with Gasteiger partial charge in [-0.1, -0.05) is 35.5 Å². The second-order valence-corrected chi connectivity index (χ2v) is 4.98. The Kier molecular flexibility index (Phi) is 3.35. The standard InChI is InChI=1S/C13H13N5S/c14-6-11-7-18(17-16-11)8-12-9-19-13(15-12)10-4-2-1-3-5-10/h1-5,7,9H,6,8,14H2. The largest absolute Gasteiger partial charge is 0.325 e. The average Bonchev–Trinajstić information content (AvgIpc) is 3.09. The molecule has 3 aromatic rings. The third kappa shape index (κ3) is 2.69. The number of nitrogens with zero attached hydrogens (tertiary/aromatic N) is 4. The Morgan fingerprint density at radius 3 is 2.74 bits per heavy atom. The Morgan fingerprint density at radius 1 is 1.16 bits per heavy atom. The van der Waals surface area contributed by atoms with Gasteiger partial charge < -0.3 is 5.73 Å². The lowest BCUT2D eigenvalue weighted by Gasteiger charge is -1.96. The van der Waals surface area contributed by atoms with Crippen molar-refractivity contribution in [2.45, 2.75) is 13.1 Å². The van der Waals surface area contributed by atoms with E-state index in [1.807, 2.05) is 29.8 Å². The van der Waals surface area contributed by atoms with Crippen LogP contribution in [0.15, 0.2) is 41.9 Å². The second kappa shape index (κ2) is 5.29. The van der Waals surface area contributed by atoms with Crippen LogP contribution in [0.2, 0.25) is 0 Å². The van der Waals surface area contributed by atoms with Crippen LogP contribution in [0.3, 0.4) is 0 Å². The Hall–Kier alpha value is -2.05. The lowest BCUT2D eigenvalue weighted by atomic mass is 10.2. The first-order valence-corrected chi connectivity index (χ1v) is 6.82. The van der Waals surface area contributed by atoms with E-state index in [-0.39, 0.29) is 0 Å². The van der Waals surface area contributed by atoms with Gasteiger partial charge in [-0.25, -0.2) is 9.67 Å². The normalized spacial score (nSPS) is 10.8. The van der Waals surface area contributed by atoms with Crippen LogP contribution in [-0.4, -0.2) is 20.0 Å². The molecular formula is C13H13N5S. The predicted molar refractivity (Wildman–Crippen MR) is 74.6 cm³/mol. The average molecular weight is 271 g/mol. The quantitative estimate of drug-likeness (QED) is 0.787. The van der Waals surface area contributed by atoms with E-state index in [0.717, 1.165) is 22.0 Å². The molecule has 96 valence electrons. The van der Waals surface area contributed by atoms with Crippen LogP contribution in [0.5, 0.6) is 0 Å². The molecule has 0 unspecified atom stereocenters. The van der Waals surface area contributed by atoms with E-state index in [0.29, 0.717) is 13.1 Å². The number of aromatic nitrogens is 4. The lowest BCUT2D eigenvalue weighted by Crippen LogP contribution is -2.00. The van der Waals surface area contributed by atoms with Gasteiger partial charge >= 0.3 is 0 Å². The fourth-order valence-corrected chi connectivity index (χ4v) is 2.59. The zero-order valence-electron chi connectivity index (χ0n) is 10.2. The van der Waals surface area contributed by atoms with Gasteiger partial charge in [0.2, 0.25) is 0 Å². The van der Waals surface area contributed by atoms with E-state index in [1.165, 1.54) is 0 Å². The molecule has 0 aliphatic rings. The van der Waals surface area contributed by atoms with E-state index < -0.39 is 0 Å². The number of thiazole rings is 1. The van der Waals surface area contributed by atoms with E-state index >= 15 is 0 Å². The van der Waals surface area contributed by atoms with E-state index in [1.54, 1.807) is 16.0 Å². The summed E-state index contributed by atoms with van der Waals surface area (Å²) in [6.07, 6.45) is 1.85. The van der Waals surface area contributed by atoms with Crippen LogP contribution in [0.1, 0.15) is 11.4 Å². The zero-order valence-corrected chi connectivity index (χ0v) is 11.0. The van der Waals surface area contributed by atoms with Gasteiger partial charge in [0.1, 0.15) is 5.01 Å². The molecule has 0 spiro atoms. The van der Waals surface area contributed by atoms with Gasteiger partial charge in [0.15, 0.2) is 0 Å². The molecule has 6 heteroatoms. The van der Waals surface area contributed by atoms with Crippen LogP contribution >= 0.6 is 11.3 Å². The third-order valence-electron chi connectivity index (χ3n) is 2.69. The molecule has 0 atom stereocenters. The highest BCUT2D eigenvalue weighted by atomic mass is 32.1. The molecule has 0 aliphatic carbocycles. The summed E-state index contributed by atoms with van der Waals surface area (Å²) in [7, 11) is 0. The summed E-state index contributed by atoms with van der Waals surface area (Å²) in [4.78, 5) is 4.61. The van der Waals surface area contributed by atoms with E-state index in [9.17, 15) is 0 Å². The van der Waals surface area contributed by atoms with Crippen molar-refractivity contribution in [3.8, 4) is 10.6 Å². The molecule has 19 heavy (non-hydrogen) atoms. The predicted octanol–water partition coefficient (Wildman–Crippen LogP) is 1.91. The van der Waals surface area contributed by atoms with Crippen LogP contribution in [0, 0.1) is 0 Å². The van der Waals surface area contributed by atoms with Crippen LogP contribution in [0.4, 0.5) is 0 Å². The third-order valence-corrected chi connectivity index (χ3v) is 3.63. The Bertz CT molecular complexity index is 658. The number of benzene rings is 1. The minimum Gasteiger partial charge on any atom is -0.325 e. The van der Waals surface area contributed by atoms with Crippen molar-refractivity contribution in [1.29, 1.82) is 0 Å². The first-order valence-electron chi connectivity index (χ1n) is 5.94. The molecule has 0 saturated heterocycles. The molecule has 2 heterocycles. The minimum atomic E-state index is 0.409. The van der Waals surface area contributed by atoms with Crippen LogP contribution < -0.4 is 5.73 Å². The molecule has 0 aliphatic heterocycles. The molecule has 0 saturated carbocycles. The summed E-state index contributed by atoms with van der Waals surface area (Å²) in [5.74, 6) is 0. The smallest absolute Gasteiger partial charge is 0.123 e. The molecule has 0 bridgehead atoms. The van der Waals surface area contributed by atoms with E-state index in [2.05, 4.69) is 27.4 Å². The lowest BCUT2D eigenvalue weighted by molar-refractivity contribution is 0.641. The molecule has 0 radical (unpaired) electrons. The number of nitrogens with two attached hydrogens (primary N) is 1. The summed E-state index contributed by atoms with van der Waals surface area (Å²) in [6.45, 7) is 1.03. The van der Waals surface area contributed by atoms with Crippen molar-refractivity contribution in [2.75, 3.05) is 0 Å². The van der Waals surface area contributed by atoms with Crippen molar-refractivity contribution in [3.05, 3.63) is 53.3 Å². The Labute approximate surface area is 114 Å². The minimum absolute atomic E-state index is 0.409. The Morgan fingerprint density at radius 2 is 2.00 bits per heavy atom.